The average Bonchev–Trinajstić information content (AvgIpc) is 3.44. The van der Waals surface area contributed by atoms with Crippen LogP contribution in [0.25, 0.3) is 27.6 Å². The third-order valence-electron chi connectivity index (χ3n) is 6.15. The molecule has 4 aromatic rings. The van der Waals surface area contributed by atoms with Crippen LogP contribution in [0.2, 0.25) is 0 Å². The van der Waals surface area contributed by atoms with Gasteiger partial charge in [0, 0.05) is 54.5 Å². The van der Waals surface area contributed by atoms with Gasteiger partial charge in [0.2, 0.25) is 0 Å². The molecule has 1 N–H and O–H groups in total. The lowest BCUT2D eigenvalue weighted by molar-refractivity contribution is 0.120. The summed E-state index contributed by atoms with van der Waals surface area (Å²) in [6.07, 6.45) is 5.52. The van der Waals surface area contributed by atoms with Crippen LogP contribution in [0, 0.1) is 0 Å². The van der Waals surface area contributed by atoms with Gasteiger partial charge in [0.05, 0.1) is 13.2 Å². The Bertz CT molecular complexity index is 1230. The Kier molecular flexibility index (Phi) is 4.23. The van der Waals surface area contributed by atoms with Crippen LogP contribution in [0.1, 0.15) is 12.0 Å². The summed E-state index contributed by atoms with van der Waals surface area (Å²) >= 11 is 0. The Balaban J connectivity index is 1.24. The van der Waals surface area contributed by atoms with Crippen LogP contribution in [0.3, 0.4) is 0 Å². The predicted molar refractivity (Wildman–Crippen MR) is 120 cm³/mol. The first kappa shape index (κ1) is 17.6. The molecule has 2 aliphatic heterocycles. The molecule has 2 aromatic carbocycles. The highest BCUT2D eigenvalue weighted by Crippen LogP contribution is 2.32. The number of aromatic amines is 1. The third-order valence-corrected chi connectivity index (χ3v) is 6.15. The summed E-state index contributed by atoms with van der Waals surface area (Å²) < 4.78 is 11.4. The Morgan fingerprint density at radius 2 is 1.87 bits per heavy atom. The van der Waals surface area contributed by atoms with Gasteiger partial charge in [-0.15, -0.1) is 0 Å². The first-order valence-electron chi connectivity index (χ1n) is 10.6. The van der Waals surface area contributed by atoms with E-state index in [9.17, 15) is 0 Å². The largest absolute Gasteiger partial charge is 0.423 e. The fraction of sp³-hybridized carbons (Fsp3) is 0.292. The van der Waals surface area contributed by atoms with Crippen molar-refractivity contribution in [2.24, 2.45) is 0 Å². The lowest BCUT2D eigenvalue weighted by atomic mass is 9.98. The molecule has 2 aliphatic rings. The minimum Gasteiger partial charge on any atom is -0.423 e. The maximum atomic E-state index is 5.98. The molecule has 30 heavy (non-hydrogen) atoms. The minimum absolute atomic E-state index is 0.700. The third kappa shape index (κ3) is 3.04. The number of anilines is 2. The molecule has 0 unspecified atom stereocenters. The second-order valence-corrected chi connectivity index (χ2v) is 7.92. The van der Waals surface area contributed by atoms with Crippen molar-refractivity contribution in [1.82, 2.24) is 9.97 Å². The monoisotopic (exact) mass is 400 g/mol. The van der Waals surface area contributed by atoms with Gasteiger partial charge in [-0.3, -0.25) is 0 Å². The Morgan fingerprint density at radius 1 is 0.967 bits per heavy atom. The van der Waals surface area contributed by atoms with Crippen molar-refractivity contribution in [2.75, 3.05) is 49.2 Å². The molecule has 1 fully saturated rings. The maximum Gasteiger partial charge on any atom is 0.298 e. The van der Waals surface area contributed by atoms with E-state index >= 15 is 0 Å². The van der Waals surface area contributed by atoms with Crippen molar-refractivity contribution in [1.29, 1.82) is 0 Å². The van der Waals surface area contributed by atoms with Crippen molar-refractivity contribution in [3.05, 3.63) is 60.3 Å². The first-order valence-corrected chi connectivity index (χ1v) is 10.6. The summed E-state index contributed by atoms with van der Waals surface area (Å²) in [7, 11) is 0. The van der Waals surface area contributed by atoms with Crippen LogP contribution >= 0.6 is 0 Å². The summed E-state index contributed by atoms with van der Waals surface area (Å²) in [5, 5.41) is 1.30. The van der Waals surface area contributed by atoms with Crippen molar-refractivity contribution >= 4 is 39.3 Å². The molecule has 0 bridgehead atoms. The number of benzene rings is 2. The predicted octanol–water partition coefficient (Wildman–Crippen LogP) is 4.44. The molecule has 6 nitrogen and oxygen atoms in total. The van der Waals surface area contributed by atoms with Gasteiger partial charge in [-0.2, -0.15) is 4.98 Å². The van der Waals surface area contributed by atoms with Crippen LogP contribution in [-0.4, -0.2) is 49.4 Å². The van der Waals surface area contributed by atoms with Crippen molar-refractivity contribution in [3.63, 3.8) is 0 Å². The van der Waals surface area contributed by atoms with E-state index in [2.05, 4.69) is 63.5 Å². The van der Waals surface area contributed by atoms with E-state index < -0.39 is 0 Å². The second-order valence-electron chi connectivity index (χ2n) is 7.92. The summed E-state index contributed by atoms with van der Waals surface area (Å²) in [5.74, 6) is 0. The molecule has 4 heterocycles. The van der Waals surface area contributed by atoms with E-state index in [1.54, 1.807) is 0 Å². The van der Waals surface area contributed by atoms with Gasteiger partial charge >= 0.3 is 0 Å². The lowest BCUT2D eigenvalue weighted by Gasteiger charge is -2.28. The fourth-order valence-corrected chi connectivity index (χ4v) is 4.48. The van der Waals surface area contributed by atoms with E-state index in [1.165, 1.54) is 27.7 Å². The van der Waals surface area contributed by atoms with Gasteiger partial charge in [-0.1, -0.05) is 24.3 Å². The SMILES string of the molecule is C1=C(c2c[nH]c3ccccc23)CCN(c2ccc3oc(N4CCOCC4)nc3c2)C1. The number of hydrogen-bond donors (Lipinski definition) is 1. The van der Waals surface area contributed by atoms with Crippen LogP contribution < -0.4 is 9.80 Å². The van der Waals surface area contributed by atoms with Gasteiger partial charge in [-0.05, 0) is 36.3 Å². The number of nitrogens with one attached hydrogen (secondary N) is 1. The molecule has 0 saturated carbocycles. The summed E-state index contributed by atoms with van der Waals surface area (Å²) in [6.45, 7) is 4.99. The average molecular weight is 400 g/mol. The van der Waals surface area contributed by atoms with Crippen LogP contribution in [0.4, 0.5) is 11.7 Å². The summed E-state index contributed by atoms with van der Waals surface area (Å²) in [5.41, 5.74) is 6.89. The molecule has 6 rings (SSSR count). The number of H-pyrrole nitrogens is 1. The Labute approximate surface area is 174 Å². The number of rotatable bonds is 3. The Hall–Kier alpha value is -3.25. The summed E-state index contributed by atoms with van der Waals surface area (Å²) in [6, 6.07) is 15.5. The highest BCUT2D eigenvalue weighted by atomic mass is 16.5. The number of ether oxygens (including phenoxy) is 1. The first-order chi connectivity index (χ1) is 14.8. The molecular formula is C24H24N4O2. The van der Waals surface area contributed by atoms with E-state index in [0.717, 1.165) is 56.9 Å². The standard InChI is InChI=1S/C24H24N4O2/c1-2-4-21-19(3-1)20(16-25-21)17-7-9-27(10-8-17)18-5-6-23-22(15-18)26-24(30-23)28-11-13-29-14-12-28/h1-7,15-16,25H,8-14H2. The molecule has 0 amide bonds. The van der Waals surface area contributed by atoms with Crippen LogP contribution in [0.15, 0.2) is 59.2 Å². The Morgan fingerprint density at radius 3 is 2.73 bits per heavy atom. The quantitative estimate of drug-likeness (QED) is 0.551. The highest BCUT2D eigenvalue weighted by molar-refractivity contribution is 5.93. The number of oxazole rings is 1. The molecule has 1 saturated heterocycles. The topological polar surface area (TPSA) is 57.5 Å². The zero-order valence-corrected chi connectivity index (χ0v) is 16.8. The van der Waals surface area contributed by atoms with Crippen LogP contribution in [-0.2, 0) is 4.74 Å². The number of nitrogens with zero attached hydrogens (tertiary/aromatic N) is 3. The molecule has 6 heteroatoms. The minimum atomic E-state index is 0.700. The number of fused-ring (bicyclic) bond motifs is 2. The zero-order chi connectivity index (χ0) is 19.9. The van der Waals surface area contributed by atoms with E-state index in [4.69, 9.17) is 14.1 Å². The van der Waals surface area contributed by atoms with Gasteiger partial charge in [0.1, 0.15) is 5.52 Å². The normalized spacial score (nSPS) is 17.7. The molecule has 0 spiro atoms. The molecule has 152 valence electrons. The van der Waals surface area contributed by atoms with E-state index in [0.29, 0.717) is 6.01 Å². The molecular weight excluding hydrogens is 376 g/mol. The lowest BCUT2D eigenvalue weighted by Crippen LogP contribution is -2.36. The fourth-order valence-electron chi connectivity index (χ4n) is 4.48. The molecule has 0 atom stereocenters. The second kappa shape index (κ2) is 7.22. The smallest absolute Gasteiger partial charge is 0.298 e. The van der Waals surface area contributed by atoms with Crippen molar-refractivity contribution in [3.8, 4) is 0 Å². The number of para-hydroxylation sites is 1. The van der Waals surface area contributed by atoms with Gasteiger partial charge in [0.15, 0.2) is 5.58 Å². The number of hydrogen-bond acceptors (Lipinski definition) is 5. The van der Waals surface area contributed by atoms with Gasteiger partial charge in [-0.25, -0.2) is 0 Å². The molecule has 2 aromatic heterocycles. The van der Waals surface area contributed by atoms with Crippen LogP contribution in [0.5, 0.6) is 0 Å². The molecule has 0 radical (unpaired) electrons. The van der Waals surface area contributed by atoms with Crippen molar-refractivity contribution < 1.29 is 9.15 Å². The number of aromatic nitrogens is 2. The van der Waals surface area contributed by atoms with E-state index in [-0.39, 0.29) is 0 Å². The number of morpholine rings is 1. The highest BCUT2D eigenvalue weighted by Gasteiger charge is 2.19. The van der Waals surface area contributed by atoms with E-state index in [1.807, 2.05) is 6.07 Å². The summed E-state index contributed by atoms with van der Waals surface area (Å²) in [4.78, 5) is 12.7. The zero-order valence-electron chi connectivity index (χ0n) is 16.8. The molecule has 0 aliphatic carbocycles. The van der Waals surface area contributed by atoms with Gasteiger partial charge in [0.25, 0.3) is 6.01 Å². The maximum absolute atomic E-state index is 5.98. The van der Waals surface area contributed by atoms with Crippen molar-refractivity contribution in [2.45, 2.75) is 6.42 Å². The van der Waals surface area contributed by atoms with Gasteiger partial charge < -0.3 is 23.9 Å².